The Morgan fingerprint density at radius 2 is 0.750 bits per heavy atom. The first kappa shape index (κ1) is 14.4. The molecule has 0 aromatic heterocycles. The summed E-state index contributed by atoms with van der Waals surface area (Å²) in [7, 11) is 0. The van der Waals surface area contributed by atoms with E-state index in [1.165, 1.54) is 0 Å². The molecule has 0 bridgehead atoms. The molecule has 12 heavy (non-hydrogen) atoms. The minimum absolute atomic E-state index is 0.0938. The number of aliphatic hydroxyl groups is 4. The van der Waals surface area contributed by atoms with Gasteiger partial charge in [0.1, 0.15) is 0 Å². The summed E-state index contributed by atoms with van der Waals surface area (Å²) < 4.78 is 0. The fraction of sp³-hybridized carbons (Fsp3) is 1.00. The van der Waals surface area contributed by atoms with Crippen molar-refractivity contribution >= 4 is 0 Å². The molecule has 0 aliphatic carbocycles. The van der Waals surface area contributed by atoms with Crippen LogP contribution in [0.3, 0.4) is 0 Å². The molecule has 0 aliphatic rings. The van der Waals surface area contributed by atoms with Gasteiger partial charge in [0.05, 0.1) is 0 Å². The van der Waals surface area contributed by atoms with Crippen LogP contribution in [0, 0.1) is 0 Å². The molecule has 4 heteroatoms. The van der Waals surface area contributed by atoms with Crippen LogP contribution in [-0.2, 0) is 0 Å². The van der Waals surface area contributed by atoms with Gasteiger partial charge in [0.15, 0.2) is 0 Å². The summed E-state index contributed by atoms with van der Waals surface area (Å²) >= 11 is 0. The summed E-state index contributed by atoms with van der Waals surface area (Å²) in [6, 6.07) is 0. The van der Waals surface area contributed by atoms with Crippen molar-refractivity contribution in [2.45, 2.75) is 25.7 Å². The van der Waals surface area contributed by atoms with Crippen LogP contribution in [0.1, 0.15) is 25.7 Å². The van der Waals surface area contributed by atoms with Crippen LogP contribution in [-0.4, -0.2) is 46.9 Å². The van der Waals surface area contributed by atoms with Crippen molar-refractivity contribution in [1.29, 1.82) is 0 Å². The molecule has 0 amide bonds. The molecule has 0 saturated carbocycles. The van der Waals surface area contributed by atoms with Crippen LogP contribution in [0.4, 0.5) is 0 Å². The highest BCUT2D eigenvalue weighted by molar-refractivity contribution is 4.35. The molecule has 0 aromatic rings. The van der Waals surface area contributed by atoms with Crippen molar-refractivity contribution in [3.05, 3.63) is 0 Å². The quantitative estimate of drug-likeness (QED) is 0.415. The zero-order valence-corrected chi connectivity index (χ0v) is 7.45. The van der Waals surface area contributed by atoms with Crippen LogP contribution in [0.25, 0.3) is 0 Å². The standard InChI is InChI=1S/C5H12O2.C3H8O2/c6-4-2-1-3-5-7;4-2-1-3-5/h6-7H,1-5H2;4-5H,1-3H2. The molecule has 0 spiro atoms. The fourth-order valence-corrected chi connectivity index (χ4v) is 0.471. The van der Waals surface area contributed by atoms with Crippen LogP contribution < -0.4 is 0 Å². The zero-order chi connectivity index (χ0) is 9.66. The SMILES string of the molecule is OCCCCCO.OCCCO. The molecule has 0 saturated heterocycles. The molecule has 0 heterocycles. The van der Waals surface area contributed by atoms with Crippen molar-refractivity contribution in [3.63, 3.8) is 0 Å². The molecule has 0 aromatic carbocycles. The lowest BCUT2D eigenvalue weighted by molar-refractivity contribution is 0.221. The molecule has 0 unspecified atom stereocenters. The number of unbranched alkanes of at least 4 members (excludes halogenated alkanes) is 2. The lowest BCUT2D eigenvalue weighted by atomic mass is 10.2. The van der Waals surface area contributed by atoms with Gasteiger partial charge in [-0.25, -0.2) is 0 Å². The third kappa shape index (κ3) is 22.5. The molecule has 4 nitrogen and oxygen atoms in total. The first-order valence-corrected chi connectivity index (χ1v) is 4.26. The summed E-state index contributed by atoms with van der Waals surface area (Å²) in [4.78, 5) is 0. The maximum atomic E-state index is 8.21. The number of aliphatic hydroxyl groups excluding tert-OH is 4. The van der Waals surface area contributed by atoms with Gasteiger partial charge in [-0.1, -0.05) is 0 Å². The Bertz CT molecular complexity index is 53.0. The Kier molecular flexibility index (Phi) is 20.4. The van der Waals surface area contributed by atoms with E-state index in [-0.39, 0.29) is 26.4 Å². The van der Waals surface area contributed by atoms with Crippen LogP contribution in [0.5, 0.6) is 0 Å². The van der Waals surface area contributed by atoms with Gasteiger partial charge < -0.3 is 20.4 Å². The van der Waals surface area contributed by atoms with E-state index >= 15 is 0 Å². The largest absolute Gasteiger partial charge is 0.396 e. The minimum atomic E-state index is 0.0938. The second kappa shape index (κ2) is 17.1. The summed E-state index contributed by atoms with van der Waals surface area (Å²) in [6.45, 7) is 0.688. The number of rotatable bonds is 6. The van der Waals surface area contributed by atoms with Crippen LogP contribution >= 0.6 is 0 Å². The van der Waals surface area contributed by atoms with Crippen LogP contribution in [0.15, 0.2) is 0 Å². The van der Waals surface area contributed by atoms with Gasteiger partial charge in [0.2, 0.25) is 0 Å². The van der Waals surface area contributed by atoms with E-state index < -0.39 is 0 Å². The highest BCUT2D eigenvalue weighted by atomic mass is 16.3. The Morgan fingerprint density at radius 3 is 0.917 bits per heavy atom. The van der Waals surface area contributed by atoms with Gasteiger partial charge in [-0.3, -0.25) is 0 Å². The normalized spacial score (nSPS) is 9.00. The topological polar surface area (TPSA) is 80.9 Å². The molecular formula is C8H20O4. The van der Waals surface area contributed by atoms with Crippen molar-refractivity contribution in [2.75, 3.05) is 26.4 Å². The Morgan fingerprint density at radius 1 is 0.417 bits per heavy atom. The van der Waals surface area contributed by atoms with Gasteiger partial charge in [0, 0.05) is 26.4 Å². The predicted octanol–water partition coefficient (Wildman–Crippen LogP) is -0.498. The number of hydrogen-bond donors (Lipinski definition) is 4. The molecule has 0 atom stereocenters. The highest BCUT2D eigenvalue weighted by Crippen LogP contribution is 1.90. The minimum Gasteiger partial charge on any atom is -0.396 e. The molecule has 0 aliphatic heterocycles. The van der Waals surface area contributed by atoms with E-state index in [0.29, 0.717) is 6.42 Å². The van der Waals surface area contributed by atoms with Gasteiger partial charge in [-0.15, -0.1) is 0 Å². The zero-order valence-electron chi connectivity index (χ0n) is 7.45. The molecule has 0 radical (unpaired) electrons. The van der Waals surface area contributed by atoms with Crippen molar-refractivity contribution in [2.24, 2.45) is 0 Å². The summed E-state index contributed by atoms with van der Waals surface area (Å²) in [5.41, 5.74) is 0. The smallest absolute Gasteiger partial charge is 0.0452 e. The van der Waals surface area contributed by atoms with Crippen molar-refractivity contribution < 1.29 is 20.4 Å². The third-order valence-corrected chi connectivity index (χ3v) is 1.13. The Balaban J connectivity index is 0. The Labute approximate surface area is 73.5 Å². The van der Waals surface area contributed by atoms with Crippen molar-refractivity contribution in [3.8, 4) is 0 Å². The van der Waals surface area contributed by atoms with E-state index in [1.54, 1.807) is 0 Å². The summed E-state index contributed by atoms with van der Waals surface area (Å²) in [6.07, 6.45) is 3.08. The molecule has 0 rings (SSSR count). The molecule has 0 fully saturated rings. The van der Waals surface area contributed by atoms with E-state index in [1.807, 2.05) is 0 Å². The second-order valence-electron chi connectivity index (χ2n) is 2.31. The van der Waals surface area contributed by atoms with Gasteiger partial charge >= 0.3 is 0 Å². The maximum Gasteiger partial charge on any atom is 0.0452 e. The molecule has 4 N–H and O–H groups in total. The molecule has 76 valence electrons. The maximum absolute atomic E-state index is 8.21. The monoisotopic (exact) mass is 180 g/mol. The lowest BCUT2D eigenvalue weighted by Crippen LogP contribution is -1.85. The highest BCUT2D eigenvalue weighted by Gasteiger charge is 1.81. The first-order chi connectivity index (χ1) is 5.83. The fourth-order valence-electron chi connectivity index (χ4n) is 0.471. The van der Waals surface area contributed by atoms with Gasteiger partial charge in [-0.2, -0.15) is 0 Å². The summed E-state index contributed by atoms with van der Waals surface area (Å²) in [5.74, 6) is 0. The van der Waals surface area contributed by atoms with Gasteiger partial charge in [-0.05, 0) is 25.7 Å². The van der Waals surface area contributed by atoms with E-state index in [0.717, 1.165) is 19.3 Å². The summed E-state index contributed by atoms with van der Waals surface area (Å²) in [5, 5.41) is 32.2. The lowest BCUT2D eigenvalue weighted by Gasteiger charge is -1.90. The van der Waals surface area contributed by atoms with Gasteiger partial charge in [0.25, 0.3) is 0 Å². The Hall–Kier alpha value is -0.160. The third-order valence-electron chi connectivity index (χ3n) is 1.13. The van der Waals surface area contributed by atoms with E-state index in [9.17, 15) is 0 Å². The van der Waals surface area contributed by atoms with E-state index in [4.69, 9.17) is 20.4 Å². The van der Waals surface area contributed by atoms with Crippen LogP contribution in [0.2, 0.25) is 0 Å². The second-order valence-corrected chi connectivity index (χ2v) is 2.31. The average molecular weight is 180 g/mol. The average Bonchev–Trinajstić information content (AvgIpc) is 2.08. The van der Waals surface area contributed by atoms with E-state index in [2.05, 4.69) is 0 Å². The number of hydrogen-bond acceptors (Lipinski definition) is 4. The van der Waals surface area contributed by atoms with Crippen molar-refractivity contribution in [1.82, 2.24) is 0 Å². The molecular weight excluding hydrogens is 160 g/mol. The first-order valence-electron chi connectivity index (χ1n) is 4.26. The predicted molar refractivity (Wildman–Crippen MR) is 46.8 cm³/mol.